The molecule has 0 saturated heterocycles. The Kier molecular flexibility index (Phi) is 4.69. The number of rotatable bonds is 4. The molecule has 0 saturated carbocycles. The smallest absolute Gasteiger partial charge is 0.317 e. The Morgan fingerprint density at radius 3 is 2.56 bits per heavy atom. The predicted molar refractivity (Wildman–Crippen MR) is 66.5 cm³/mol. The molecule has 10 heteroatoms. The SMILES string of the molecule is COP(=O)(O)C(=Nc1ncccc1C)[P+](O)(O)O. The third kappa shape index (κ3) is 3.63. The van der Waals surface area contributed by atoms with Gasteiger partial charge in [0.2, 0.25) is 0 Å². The van der Waals surface area contributed by atoms with Crippen LogP contribution in [-0.2, 0) is 9.09 Å². The average molecular weight is 295 g/mol. The molecule has 0 aromatic carbocycles. The van der Waals surface area contributed by atoms with E-state index in [-0.39, 0.29) is 5.82 Å². The number of aryl methyl sites for hydroxylation is 1. The first-order chi connectivity index (χ1) is 8.18. The third-order valence-corrected chi connectivity index (χ3v) is 5.26. The number of pyridine rings is 1. The van der Waals surface area contributed by atoms with Crippen LogP contribution in [0.3, 0.4) is 0 Å². The third-order valence-electron chi connectivity index (χ3n) is 1.96. The van der Waals surface area contributed by atoms with Crippen LogP contribution in [0.2, 0.25) is 0 Å². The van der Waals surface area contributed by atoms with Crippen LogP contribution in [0.1, 0.15) is 5.56 Å². The van der Waals surface area contributed by atoms with Gasteiger partial charge in [-0.05, 0) is 18.6 Å². The summed E-state index contributed by atoms with van der Waals surface area (Å²) in [6, 6.07) is 3.23. The van der Waals surface area contributed by atoms with Gasteiger partial charge in [-0.3, -0.25) is 0 Å². The number of hydrogen-bond acceptors (Lipinski definition) is 7. The molecular weight excluding hydrogens is 282 g/mol. The molecule has 0 aliphatic heterocycles. The quantitative estimate of drug-likeness (QED) is 0.480. The summed E-state index contributed by atoms with van der Waals surface area (Å²) in [5.41, 5.74) is 0.527. The van der Waals surface area contributed by atoms with E-state index >= 15 is 0 Å². The number of aliphatic imine (C=N–C) groups is 1. The predicted octanol–water partition coefficient (Wildman–Crippen LogP) is 0.949. The molecule has 0 amide bonds. The molecule has 1 atom stereocenters. The lowest BCUT2D eigenvalue weighted by Crippen LogP contribution is -2.07. The summed E-state index contributed by atoms with van der Waals surface area (Å²) in [5, 5.41) is -1.11. The van der Waals surface area contributed by atoms with E-state index in [4.69, 9.17) is 14.7 Å². The van der Waals surface area contributed by atoms with Gasteiger partial charge in [0.15, 0.2) is 5.82 Å². The van der Waals surface area contributed by atoms with Gasteiger partial charge in [0.05, 0.1) is 0 Å². The van der Waals surface area contributed by atoms with Gasteiger partial charge in [0.1, 0.15) is 0 Å². The van der Waals surface area contributed by atoms with Crippen molar-refractivity contribution in [3.63, 3.8) is 0 Å². The van der Waals surface area contributed by atoms with Crippen LogP contribution in [0, 0.1) is 6.92 Å². The van der Waals surface area contributed by atoms with E-state index in [0.29, 0.717) is 5.56 Å². The minimum absolute atomic E-state index is 0.0136. The van der Waals surface area contributed by atoms with Gasteiger partial charge < -0.3 is 9.42 Å². The second-order valence-corrected chi connectivity index (χ2v) is 7.07. The average Bonchev–Trinajstić information content (AvgIpc) is 2.26. The van der Waals surface area contributed by atoms with Crippen molar-refractivity contribution in [3.05, 3.63) is 23.9 Å². The Morgan fingerprint density at radius 2 is 2.11 bits per heavy atom. The topological polar surface area (TPSA) is 132 Å². The van der Waals surface area contributed by atoms with Crippen LogP contribution in [0.25, 0.3) is 0 Å². The zero-order chi connectivity index (χ0) is 14.0. The van der Waals surface area contributed by atoms with Gasteiger partial charge in [-0.1, -0.05) is 6.07 Å². The Balaban J connectivity index is 3.38. The van der Waals surface area contributed by atoms with Crippen LogP contribution >= 0.6 is 15.5 Å². The van der Waals surface area contributed by atoms with Crippen molar-refractivity contribution in [2.24, 2.45) is 4.99 Å². The number of nitrogens with zero attached hydrogens (tertiary/aromatic N) is 2. The first-order valence-corrected chi connectivity index (χ1v) is 7.88. The van der Waals surface area contributed by atoms with Gasteiger partial charge in [-0.15, -0.1) is 0 Å². The molecule has 1 aromatic heterocycles. The Morgan fingerprint density at radius 1 is 1.50 bits per heavy atom. The fraction of sp³-hybridized carbons (Fsp3) is 0.250. The van der Waals surface area contributed by atoms with Gasteiger partial charge >= 0.3 is 20.7 Å². The van der Waals surface area contributed by atoms with Crippen molar-refractivity contribution in [1.82, 2.24) is 4.98 Å². The molecule has 4 N–H and O–H groups in total. The van der Waals surface area contributed by atoms with Crippen molar-refractivity contribution in [2.75, 3.05) is 7.11 Å². The largest absolute Gasteiger partial charge is 0.469 e. The van der Waals surface area contributed by atoms with Crippen LogP contribution < -0.4 is 0 Å². The van der Waals surface area contributed by atoms with Crippen molar-refractivity contribution in [3.8, 4) is 0 Å². The highest BCUT2D eigenvalue weighted by Gasteiger charge is 2.53. The van der Waals surface area contributed by atoms with E-state index in [1.165, 1.54) is 6.20 Å². The molecule has 0 spiro atoms. The van der Waals surface area contributed by atoms with Crippen molar-refractivity contribution in [1.29, 1.82) is 0 Å². The summed E-state index contributed by atoms with van der Waals surface area (Å²) >= 11 is 0. The molecular formula is C8H13N2O6P2+. The van der Waals surface area contributed by atoms with Crippen molar-refractivity contribution >= 4 is 26.6 Å². The first kappa shape index (κ1) is 15.3. The Hall–Kier alpha value is -0.720. The standard InChI is InChI=1S/C8H12N2O6P2/c1-6-4-3-5-9-7(6)10-8(17(11,12)13)18(14,15)16-2/h3-5,11-13H,1-2H3/p+1. The normalized spacial score (nSPS) is 16.4. The zero-order valence-corrected chi connectivity index (χ0v) is 11.4. The van der Waals surface area contributed by atoms with Crippen LogP contribution in [0.15, 0.2) is 23.3 Å². The summed E-state index contributed by atoms with van der Waals surface area (Å²) < 4.78 is 15.8. The van der Waals surface area contributed by atoms with Gasteiger partial charge in [0.25, 0.3) is 0 Å². The van der Waals surface area contributed by atoms with Crippen LogP contribution in [0.4, 0.5) is 5.82 Å². The van der Waals surface area contributed by atoms with E-state index in [9.17, 15) is 9.46 Å². The minimum atomic E-state index is -4.78. The monoisotopic (exact) mass is 295 g/mol. The lowest BCUT2D eigenvalue weighted by atomic mass is 10.3. The van der Waals surface area contributed by atoms with E-state index in [2.05, 4.69) is 14.5 Å². The molecule has 18 heavy (non-hydrogen) atoms. The fourth-order valence-corrected chi connectivity index (χ4v) is 3.29. The molecule has 0 bridgehead atoms. The summed E-state index contributed by atoms with van der Waals surface area (Å²) in [6.07, 6.45) is 1.37. The highest BCUT2D eigenvalue weighted by Crippen LogP contribution is 2.63. The van der Waals surface area contributed by atoms with E-state index in [1.807, 2.05) is 0 Å². The molecule has 1 heterocycles. The zero-order valence-electron chi connectivity index (χ0n) is 9.63. The van der Waals surface area contributed by atoms with Crippen molar-refractivity contribution < 1.29 is 28.7 Å². The van der Waals surface area contributed by atoms with Gasteiger partial charge in [-0.25, -0.2) is 9.55 Å². The van der Waals surface area contributed by atoms with E-state index in [0.717, 1.165) is 7.11 Å². The Labute approximate surface area is 104 Å². The van der Waals surface area contributed by atoms with Gasteiger partial charge in [-0.2, -0.15) is 19.7 Å². The number of hydrogen-bond donors (Lipinski definition) is 4. The lowest BCUT2D eigenvalue weighted by Gasteiger charge is -2.11. The summed E-state index contributed by atoms with van der Waals surface area (Å²) in [4.78, 5) is 44.2. The first-order valence-electron chi connectivity index (χ1n) is 4.65. The highest BCUT2D eigenvalue weighted by atomic mass is 31.3. The minimum Gasteiger partial charge on any atom is -0.317 e. The van der Waals surface area contributed by atoms with Crippen LogP contribution in [0.5, 0.6) is 0 Å². The highest BCUT2D eigenvalue weighted by molar-refractivity contribution is 8.00. The molecule has 8 nitrogen and oxygen atoms in total. The number of aromatic nitrogens is 1. The molecule has 1 unspecified atom stereocenters. The maximum Gasteiger partial charge on any atom is 0.469 e. The van der Waals surface area contributed by atoms with Crippen molar-refractivity contribution in [2.45, 2.75) is 6.92 Å². The molecule has 0 aliphatic rings. The van der Waals surface area contributed by atoms with E-state index < -0.39 is 20.7 Å². The molecule has 1 rings (SSSR count). The summed E-state index contributed by atoms with van der Waals surface area (Å²) in [7, 11) is -8.47. The van der Waals surface area contributed by atoms with Crippen LogP contribution in [-0.4, -0.2) is 36.9 Å². The second kappa shape index (κ2) is 5.50. The van der Waals surface area contributed by atoms with Gasteiger partial charge in [0, 0.05) is 13.3 Å². The Bertz CT molecular complexity index is 513. The maximum atomic E-state index is 11.6. The fourth-order valence-electron chi connectivity index (χ4n) is 1.07. The molecule has 0 radical (unpaired) electrons. The van der Waals surface area contributed by atoms with E-state index in [1.54, 1.807) is 19.1 Å². The second-order valence-electron chi connectivity index (χ2n) is 3.33. The molecule has 100 valence electrons. The lowest BCUT2D eigenvalue weighted by molar-refractivity contribution is 0.326. The molecule has 1 aromatic rings. The summed E-state index contributed by atoms with van der Waals surface area (Å²) in [6.45, 7) is 1.62. The summed E-state index contributed by atoms with van der Waals surface area (Å²) in [5.74, 6) is -0.0136. The molecule has 0 aliphatic carbocycles. The molecule has 0 fully saturated rings. The maximum absolute atomic E-state index is 11.6.